The van der Waals surface area contributed by atoms with E-state index in [9.17, 15) is 18.0 Å². The maximum atomic E-state index is 12.7. The van der Waals surface area contributed by atoms with Gasteiger partial charge in [0, 0.05) is 32.0 Å². The molecular formula is C20H23F3N4O4S. The van der Waals surface area contributed by atoms with Crippen LogP contribution in [0.2, 0.25) is 0 Å². The smallest absolute Gasteiger partial charge is 0.475 e. The highest BCUT2D eigenvalue weighted by molar-refractivity contribution is 7.12. The number of amides is 1. The third-order valence-corrected chi connectivity index (χ3v) is 6.09. The topological polar surface area (TPSA) is 95.9 Å². The quantitative estimate of drug-likeness (QED) is 0.718. The Bertz CT molecular complexity index is 914. The number of anilines is 1. The fraction of sp³-hybridized carbons (Fsp3) is 0.500. The zero-order chi connectivity index (χ0) is 23.4. The third-order valence-electron chi connectivity index (χ3n) is 5.23. The van der Waals surface area contributed by atoms with Crippen molar-refractivity contribution in [1.29, 1.82) is 0 Å². The van der Waals surface area contributed by atoms with E-state index in [0.29, 0.717) is 19.7 Å². The molecule has 0 radical (unpaired) electrons. The van der Waals surface area contributed by atoms with Crippen molar-refractivity contribution in [2.45, 2.75) is 31.5 Å². The summed E-state index contributed by atoms with van der Waals surface area (Å²) in [6.07, 6.45) is 0.396. The van der Waals surface area contributed by atoms with Gasteiger partial charge in [-0.2, -0.15) is 13.2 Å². The van der Waals surface area contributed by atoms with Crippen LogP contribution in [0.5, 0.6) is 0 Å². The van der Waals surface area contributed by atoms with Crippen LogP contribution in [-0.2, 0) is 9.53 Å². The number of morpholine rings is 1. The van der Waals surface area contributed by atoms with Gasteiger partial charge in [-0.1, -0.05) is 6.07 Å². The number of carbonyl (C=O) groups excluding carboxylic acids is 1. The molecule has 0 aliphatic carbocycles. The Morgan fingerprint density at radius 3 is 2.34 bits per heavy atom. The molecule has 4 rings (SSSR count). The van der Waals surface area contributed by atoms with E-state index in [0.717, 1.165) is 42.3 Å². The van der Waals surface area contributed by atoms with Gasteiger partial charge in [-0.3, -0.25) is 4.79 Å². The molecule has 1 amide bonds. The van der Waals surface area contributed by atoms with Crippen molar-refractivity contribution in [2.75, 3.05) is 37.7 Å². The molecule has 12 heteroatoms. The van der Waals surface area contributed by atoms with Crippen molar-refractivity contribution in [3.63, 3.8) is 0 Å². The Labute approximate surface area is 186 Å². The number of carboxylic acids is 1. The molecular weight excluding hydrogens is 449 g/mol. The van der Waals surface area contributed by atoms with Crippen LogP contribution < -0.4 is 4.90 Å². The summed E-state index contributed by atoms with van der Waals surface area (Å²) in [6.45, 7) is 5.64. The fourth-order valence-corrected chi connectivity index (χ4v) is 4.23. The molecule has 1 spiro atoms. The van der Waals surface area contributed by atoms with Crippen molar-refractivity contribution < 1.29 is 32.6 Å². The minimum absolute atomic E-state index is 0.127. The molecule has 2 aromatic heterocycles. The maximum Gasteiger partial charge on any atom is 0.490 e. The summed E-state index contributed by atoms with van der Waals surface area (Å²) in [7, 11) is 0. The average Bonchev–Trinajstić information content (AvgIpc) is 3.29. The molecule has 32 heavy (non-hydrogen) atoms. The molecule has 2 saturated heterocycles. The van der Waals surface area contributed by atoms with E-state index in [-0.39, 0.29) is 11.5 Å². The predicted molar refractivity (Wildman–Crippen MR) is 111 cm³/mol. The fourth-order valence-electron chi connectivity index (χ4n) is 3.54. The van der Waals surface area contributed by atoms with E-state index in [1.54, 1.807) is 0 Å². The monoisotopic (exact) mass is 472 g/mol. The first-order chi connectivity index (χ1) is 15.1. The minimum atomic E-state index is -5.08. The molecule has 0 atom stereocenters. The Balaban J connectivity index is 0.000000360. The molecule has 0 aromatic carbocycles. The van der Waals surface area contributed by atoms with Crippen LogP contribution in [0.3, 0.4) is 0 Å². The minimum Gasteiger partial charge on any atom is -0.475 e. The lowest BCUT2D eigenvalue weighted by Gasteiger charge is -2.47. The summed E-state index contributed by atoms with van der Waals surface area (Å²) in [5, 5.41) is 9.07. The molecule has 0 unspecified atom stereocenters. The van der Waals surface area contributed by atoms with Crippen molar-refractivity contribution in [3.05, 3.63) is 40.3 Å². The van der Waals surface area contributed by atoms with Gasteiger partial charge < -0.3 is 19.6 Å². The summed E-state index contributed by atoms with van der Waals surface area (Å²) < 4.78 is 37.9. The second kappa shape index (κ2) is 9.82. The van der Waals surface area contributed by atoms with Gasteiger partial charge in [0.25, 0.3) is 5.91 Å². The van der Waals surface area contributed by atoms with Crippen LogP contribution >= 0.6 is 11.3 Å². The van der Waals surface area contributed by atoms with E-state index in [2.05, 4.69) is 14.9 Å². The van der Waals surface area contributed by atoms with Crippen molar-refractivity contribution in [1.82, 2.24) is 14.9 Å². The number of hydrogen-bond acceptors (Lipinski definition) is 7. The molecule has 2 aliphatic heterocycles. The second-order valence-corrected chi connectivity index (χ2v) is 8.53. The van der Waals surface area contributed by atoms with Gasteiger partial charge in [0.05, 0.1) is 23.6 Å². The van der Waals surface area contributed by atoms with Crippen LogP contribution in [0.4, 0.5) is 19.1 Å². The second-order valence-electron chi connectivity index (χ2n) is 7.59. The van der Waals surface area contributed by atoms with Crippen LogP contribution in [0.25, 0.3) is 0 Å². The highest BCUT2D eigenvalue weighted by atomic mass is 32.1. The number of rotatable bonds is 2. The third kappa shape index (κ3) is 5.94. The molecule has 0 bridgehead atoms. The molecule has 2 fully saturated rings. The van der Waals surface area contributed by atoms with E-state index >= 15 is 0 Å². The molecule has 1 N–H and O–H groups in total. The SMILES string of the molecule is Cc1cnc(N2CCC3(CC2)CN(C(=O)c2cccs2)CCO3)nc1.O=C(O)C(F)(F)F. The number of aliphatic carboxylic acids is 1. The molecule has 2 aliphatic rings. The van der Waals surface area contributed by atoms with Gasteiger partial charge in [0.15, 0.2) is 0 Å². The van der Waals surface area contributed by atoms with Gasteiger partial charge >= 0.3 is 12.1 Å². The summed E-state index contributed by atoms with van der Waals surface area (Å²) in [6, 6.07) is 3.82. The standard InChI is InChI=1S/C18H22N4O2S.C2HF3O2/c1-14-11-19-17(20-12-14)21-6-4-18(5-7-21)13-22(8-9-24-18)16(23)15-3-2-10-25-15;3-2(4,5)1(6)7/h2-3,10-12H,4-9,13H2,1H3;(H,6,7). The number of nitrogens with zero attached hydrogens (tertiary/aromatic N) is 4. The predicted octanol–water partition coefficient (Wildman–Crippen LogP) is 2.99. The Morgan fingerprint density at radius 2 is 1.81 bits per heavy atom. The first-order valence-corrected chi connectivity index (χ1v) is 10.8. The number of piperidine rings is 1. The number of halogens is 3. The highest BCUT2D eigenvalue weighted by Gasteiger charge is 2.41. The largest absolute Gasteiger partial charge is 0.490 e. The van der Waals surface area contributed by atoms with Crippen molar-refractivity contribution in [3.8, 4) is 0 Å². The van der Waals surface area contributed by atoms with Crippen molar-refractivity contribution >= 4 is 29.2 Å². The number of carbonyl (C=O) groups is 2. The van der Waals surface area contributed by atoms with Crippen LogP contribution in [0, 0.1) is 6.92 Å². The van der Waals surface area contributed by atoms with E-state index in [1.807, 2.05) is 41.7 Å². The first-order valence-electron chi connectivity index (χ1n) is 9.90. The van der Waals surface area contributed by atoms with E-state index in [4.69, 9.17) is 14.6 Å². The first kappa shape index (κ1) is 23.9. The summed E-state index contributed by atoms with van der Waals surface area (Å²) in [5.74, 6) is -1.85. The van der Waals surface area contributed by atoms with Gasteiger partial charge in [0.1, 0.15) is 0 Å². The number of ether oxygens (including phenoxy) is 1. The van der Waals surface area contributed by atoms with Gasteiger partial charge in [-0.25, -0.2) is 14.8 Å². The maximum absolute atomic E-state index is 12.7. The normalized spacial score (nSPS) is 18.1. The van der Waals surface area contributed by atoms with Gasteiger partial charge in [0.2, 0.25) is 5.95 Å². The van der Waals surface area contributed by atoms with Gasteiger partial charge in [-0.15, -0.1) is 11.3 Å². The number of hydrogen-bond donors (Lipinski definition) is 1. The molecule has 2 aromatic rings. The number of alkyl halides is 3. The van der Waals surface area contributed by atoms with E-state index < -0.39 is 12.1 Å². The molecule has 4 heterocycles. The summed E-state index contributed by atoms with van der Waals surface area (Å²) >= 11 is 1.50. The van der Waals surface area contributed by atoms with E-state index in [1.165, 1.54) is 11.3 Å². The summed E-state index contributed by atoms with van der Waals surface area (Å²) in [5.41, 5.74) is 0.836. The zero-order valence-corrected chi connectivity index (χ0v) is 18.2. The number of carboxylic acid groups (broad SMARTS) is 1. The lowest BCUT2D eigenvalue weighted by atomic mass is 9.89. The number of aromatic nitrogens is 2. The lowest BCUT2D eigenvalue weighted by Crippen LogP contribution is -2.58. The van der Waals surface area contributed by atoms with Gasteiger partial charge in [-0.05, 0) is 36.8 Å². The Hall–Kier alpha value is -2.73. The average molecular weight is 472 g/mol. The lowest BCUT2D eigenvalue weighted by molar-refractivity contribution is -0.192. The number of aryl methyl sites for hydroxylation is 1. The van der Waals surface area contributed by atoms with Crippen LogP contribution in [-0.4, -0.2) is 76.4 Å². The molecule has 8 nitrogen and oxygen atoms in total. The summed E-state index contributed by atoms with van der Waals surface area (Å²) in [4.78, 5) is 35.4. The van der Waals surface area contributed by atoms with Crippen LogP contribution in [0.1, 0.15) is 28.1 Å². The molecule has 174 valence electrons. The highest BCUT2D eigenvalue weighted by Crippen LogP contribution is 2.32. The van der Waals surface area contributed by atoms with Crippen molar-refractivity contribution in [2.24, 2.45) is 0 Å². The molecule has 0 saturated carbocycles. The number of thiophene rings is 1. The Kier molecular flexibility index (Phi) is 7.34. The Morgan fingerprint density at radius 1 is 1.19 bits per heavy atom. The zero-order valence-electron chi connectivity index (χ0n) is 17.3. The van der Waals surface area contributed by atoms with Crippen LogP contribution in [0.15, 0.2) is 29.9 Å².